The quantitative estimate of drug-likeness (QED) is 0.739. The number of aryl methyl sites for hydroxylation is 1. The molecule has 7 heteroatoms. The molecule has 128 valence electrons. The minimum atomic E-state index is -0.892. The Bertz CT molecular complexity index is 931. The van der Waals surface area contributed by atoms with E-state index in [1.165, 1.54) is 6.20 Å². The number of rotatable bonds is 5. The third kappa shape index (κ3) is 3.35. The van der Waals surface area contributed by atoms with Gasteiger partial charge in [0, 0.05) is 11.9 Å². The van der Waals surface area contributed by atoms with Crippen LogP contribution in [0.2, 0.25) is 0 Å². The molecule has 2 N–H and O–H groups in total. The molecule has 0 spiro atoms. The van der Waals surface area contributed by atoms with Crippen LogP contribution in [0.5, 0.6) is 0 Å². The van der Waals surface area contributed by atoms with E-state index in [2.05, 4.69) is 15.5 Å². The lowest BCUT2D eigenvalue weighted by molar-refractivity contribution is -0.138. The molecule has 0 saturated carbocycles. The fraction of sp³-hybridized carbons (Fsp3) is 0.222. The molecule has 1 atom stereocenters. The normalized spacial score (nSPS) is 12.1. The first-order chi connectivity index (χ1) is 12.0. The third-order valence-corrected chi connectivity index (χ3v) is 4.04. The van der Waals surface area contributed by atoms with E-state index in [0.717, 1.165) is 11.1 Å². The van der Waals surface area contributed by atoms with E-state index in [-0.39, 0.29) is 5.91 Å². The molecule has 1 aromatic carbocycles. The molecule has 2 heterocycles. The SMILES string of the molecule is CCc1noc2ncc(C(=O)Nc3ccc(C(C)C(=O)O)cc3)cc12. The molecule has 0 aliphatic carbocycles. The summed E-state index contributed by atoms with van der Waals surface area (Å²) in [7, 11) is 0. The van der Waals surface area contributed by atoms with Crippen LogP contribution in [0.15, 0.2) is 41.1 Å². The number of hydrogen-bond donors (Lipinski definition) is 2. The standard InChI is InChI=1S/C18H17N3O4/c1-3-15-14-8-12(9-19-17(14)25-21-15)16(22)20-13-6-4-11(5-7-13)10(2)18(23)24/h4-10H,3H2,1-2H3,(H,20,22)(H,23,24). The average molecular weight is 339 g/mol. The summed E-state index contributed by atoms with van der Waals surface area (Å²) in [5.74, 6) is -1.80. The summed E-state index contributed by atoms with van der Waals surface area (Å²) in [4.78, 5) is 27.5. The molecular weight excluding hydrogens is 322 g/mol. The highest BCUT2D eigenvalue weighted by Crippen LogP contribution is 2.21. The molecule has 0 saturated heterocycles. The Morgan fingerprint density at radius 2 is 2.00 bits per heavy atom. The summed E-state index contributed by atoms with van der Waals surface area (Å²) in [6.07, 6.45) is 2.12. The average Bonchev–Trinajstić information content (AvgIpc) is 3.03. The maximum Gasteiger partial charge on any atom is 0.310 e. The van der Waals surface area contributed by atoms with Gasteiger partial charge in [-0.05, 0) is 37.1 Å². The van der Waals surface area contributed by atoms with Crippen molar-refractivity contribution in [2.24, 2.45) is 0 Å². The van der Waals surface area contributed by atoms with Crippen molar-refractivity contribution in [3.8, 4) is 0 Å². The molecular formula is C18H17N3O4. The van der Waals surface area contributed by atoms with Gasteiger partial charge in [-0.25, -0.2) is 4.98 Å². The third-order valence-electron chi connectivity index (χ3n) is 4.04. The number of carboxylic acid groups (broad SMARTS) is 1. The number of amides is 1. The van der Waals surface area contributed by atoms with Gasteiger partial charge in [0.05, 0.1) is 22.6 Å². The number of nitrogens with zero attached hydrogens (tertiary/aromatic N) is 2. The second-order valence-electron chi connectivity index (χ2n) is 5.70. The Morgan fingerprint density at radius 1 is 1.28 bits per heavy atom. The van der Waals surface area contributed by atoms with E-state index in [0.29, 0.717) is 28.9 Å². The first-order valence-electron chi connectivity index (χ1n) is 7.88. The Labute approximate surface area is 143 Å². The van der Waals surface area contributed by atoms with Crippen molar-refractivity contribution < 1.29 is 19.2 Å². The van der Waals surface area contributed by atoms with Crippen LogP contribution in [0, 0.1) is 0 Å². The molecule has 0 radical (unpaired) electrons. The smallest absolute Gasteiger partial charge is 0.310 e. The van der Waals surface area contributed by atoms with E-state index in [4.69, 9.17) is 9.63 Å². The molecule has 0 fully saturated rings. The van der Waals surface area contributed by atoms with Gasteiger partial charge in [0.25, 0.3) is 11.6 Å². The zero-order chi connectivity index (χ0) is 18.0. The number of carbonyl (C=O) groups excluding carboxylic acids is 1. The molecule has 2 aromatic heterocycles. The zero-order valence-electron chi connectivity index (χ0n) is 13.8. The molecule has 0 aliphatic heterocycles. The van der Waals surface area contributed by atoms with Crippen LogP contribution in [0.4, 0.5) is 5.69 Å². The van der Waals surface area contributed by atoms with Gasteiger partial charge < -0.3 is 14.9 Å². The summed E-state index contributed by atoms with van der Waals surface area (Å²) in [5, 5.41) is 16.4. The summed E-state index contributed by atoms with van der Waals surface area (Å²) in [6, 6.07) is 8.43. The summed E-state index contributed by atoms with van der Waals surface area (Å²) in [6.45, 7) is 3.56. The maximum absolute atomic E-state index is 12.4. The van der Waals surface area contributed by atoms with Gasteiger partial charge in [0.1, 0.15) is 0 Å². The number of hydrogen-bond acceptors (Lipinski definition) is 5. The molecule has 3 rings (SSSR count). The monoisotopic (exact) mass is 339 g/mol. The van der Waals surface area contributed by atoms with Crippen molar-refractivity contribution >= 4 is 28.7 Å². The van der Waals surface area contributed by atoms with Crippen molar-refractivity contribution in [3.05, 3.63) is 53.3 Å². The Hall–Kier alpha value is -3.22. The number of carboxylic acids is 1. The van der Waals surface area contributed by atoms with E-state index in [9.17, 15) is 9.59 Å². The highest BCUT2D eigenvalue weighted by atomic mass is 16.5. The van der Waals surface area contributed by atoms with Gasteiger partial charge in [0.2, 0.25) is 0 Å². The molecule has 1 unspecified atom stereocenters. The van der Waals surface area contributed by atoms with Crippen LogP contribution in [0.1, 0.15) is 41.4 Å². The minimum Gasteiger partial charge on any atom is -0.481 e. The van der Waals surface area contributed by atoms with Gasteiger partial charge in [-0.15, -0.1) is 0 Å². The molecule has 3 aromatic rings. The van der Waals surface area contributed by atoms with Crippen molar-refractivity contribution in [3.63, 3.8) is 0 Å². The predicted molar refractivity (Wildman–Crippen MR) is 91.6 cm³/mol. The maximum atomic E-state index is 12.4. The first kappa shape index (κ1) is 16.6. The molecule has 7 nitrogen and oxygen atoms in total. The lowest BCUT2D eigenvalue weighted by Gasteiger charge is -2.09. The van der Waals surface area contributed by atoms with Crippen molar-refractivity contribution in [2.45, 2.75) is 26.2 Å². The first-order valence-corrected chi connectivity index (χ1v) is 7.88. The van der Waals surface area contributed by atoms with Crippen LogP contribution in [-0.4, -0.2) is 27.1 Å². The number of pyridine rings is 1. The van der Waals surface area contributed by atoms with Crippen molar-refractivity contribution in [1.82, 2.24) is 10.1 Å². The molecule has 25 heavy (non-hydrogen) atoms. The molecule has 0 bridgehead atoms. The van der Waals surface area contributed by atoms with Gasteiger partial charge >= 0.3 is 5.97 Å². The fourth-order valence-corrected chi connectivity index (χ4v) is 2.46. The predicted octanol–water partition coefficient (Wildman–Crippen LogP) is 3.23. The molecule has 1 amide bonds. The highest BCUT2D eigenvalue weighted by Gasteiger charge is 2.15. The van der Waals surface area contributed by atoms with Crippen LogP contribution >= 0.6 is 0 Å². The van der Waals surface area contributed by atoms with Crippen LogP contribution < -0.4 is 5.32 Å². The lowest BCUT2D eigenvalue weighted by atomic mass is 10.0. The second kappa shape index (κ2) is 6.72. The summed E-state index contributed by atoms with van der Waals surface area (Å²) < 4.78 is 5.11. The second-order valence-corrected chi connectivity index (χ2v) is 5.70. The zero-order valence-corrected chi connectivity index (χ0v) is 13.8. The Morgan fingerprint density at radius 3 is 2.64 bits per heavy atom. The topological polar surface area (TPSA) is 105 Å². The number of benzene rings is 1. The Balaban J connectivity index is 1.79. The van der Waals surface area contributed by atoms with Gasteiger partial charge in [0.15, 0.2) is 0 Å². The van der Waals surface area contributed by atoms with Crippen molar-refractivity contribution in [2.75, 3.05) is 5.32 Å². The number of aliphatic carboxylic acids is 1. The number of carbonyl (C=O) groups is 2. The largest absolute Gasteiger partial charge is 0.481 e. The number of nitrogens with one attached hydrogen (secondary N) is 1. The van der Waals surface area contributed by atoms with Gasteiger partial charge in [-0.2, -0.15) is 0 Å². The number of fused-ring (bicyclic) bond motifs is 1. The van der Waals surface area contributed by atoms with Crippen LogP contribution in [0.3, 0.4) is 0 Å². The summed E-state index contributed by atoms with van der Waals surface area (Å²) >= 11 is 0. The number of aromatic nitrogens is 2. The van der Waals surface area contributed by atoms with Crippen LogP contribution in [0.25, 0.3) is 11.1 Å². The van der Waals surface area contributed by atoms with Crippen LogP contribution in [-0.2, 0) is 11.2 Å². The number of anilines is 1. The minimum absolute atomic E-state index is 0.309. The fourth-order valence-electron chi connectivity index (χ4n) is 2.46. The molecule has 0 aliphatic rings. The van der Waals surface area contributed by atoms with E-state index in [1.807, 2.05) is 6.92 Å². The lowest BCUT2D eigenvalue weighted by Crippen LogP contribution is -2.12. The Kier molecular flexibility index (Phi) is 4.47. The van der Waals surface area contributed by atoms with Gasteiger partial charge in [-0.3, -0.25) is 9.59 Å². The highest BCUT2D eigenvalue weighted by molar-refractivity contribution is 6.05. The van der Waals surface area contributed by atoms with Gasteiger partial charge in [-0.1, -0.05) is 24.2 Å². The van der Waals surface area contributed by atoms with Crippen molar-refractivity contribution in [1.29, 1.82) is 0 Å². The van der Waals surface area contributed by atoms with E-state index >= 15 is 0 Å². The van der Waals surface area contributed by atoms with E-state index < -0.39 is 11.9 Å². The van der Waals surface area contributed by atoms with E-state index in [1.54, 1.807) is 37.3 Å². The summed E-state index contributed by atoms with van der Waals surface area (Å²) in [5.41, 5.74) is 2.80.